The van der Waals surface area contributed by atoms with E-state index in [1.807, 2.05) is 0 Å². The van der Waals surface area contributed by atoms with Gasteiger partial charge in [-0.2, -0.15) is 0 Å². The molecule has 1 fully saturated rings. The third-order valence-corrected chi connectivity index (χ3v) is 1.35. The van der Waals surface area contributed by atoms with Crippen LogP contribution in [0.1, 0.15) is 0 Å². The standard InChI is InChI=1S/C5H10N4O/c6-9-8-1-2-10-5-3-7-4-5/h5,7H,1-4H2. The number of nitrogens with one attached hydrogen (secondary N) is 1. The van der Waals surface area contributed by atoms with E-state index < -0.39 is 0 Å². The highest BCUT2D eigenvalue weighted by molar-refractivity contribution is 4.74. The highest BCUT2D eigenvalue weighted by Crippen LogP contribution is 1.96. The molecule has 0 unspecified atom stereocenters. The van der Waals surface area contributed by atoms with E-state index in [9.17, 15) is 0 Å². The first-order valence-corrected chi connectivity index (χ1v) is 3.26. The number of rotatable bonds is 4. The van der Waals surface area contributed by atoms with Crippen LogP contribution in [0, 0.1) is 0 Å². The van der Waals surface area contributed by atoms with Crippen LogP contribution in [0.25, 0.3) is 10.4 Å². The first kappa shape index (κ1) is 7.34. The van der Waals surface area contributed by atoms with Crippen molar-refractivity contribution in [2.24, 2.45) is 5.11 Å². The molecule has 0 radical (unpaired) electrons. The van der Waals surface area contributed by atoms with Gasteiger partial charge in [0.05, 0.1) is 12.7 Å². The molecular weight excluding hydrogens is 132 g/mol. The Morgan fingerprint density at radius 2 is 2.50 bits per heavy atom. The molecule has 0 spiro atoms. The predicted octanol–water partition coefficient (Wildman–Crippen LogP) is 0.285. The van der Waals surface area contributed by atoms with Gasteiger partial charge in [-0.25, -0.2) is 0 Å². The SMILES string of the molecule is [N-]=[N+]=NCCOC1CNC1. The van der Waals surface area contributed by atoms with E-state index in [0.29, 0.717) is 19.3 Å². The molecule has 0 amide bonds. The van der Waals surface area contributed by atoms with Crippen LogP contribution in [0.15, 0.2) is 5.11 Å². The molecule has 56 valence electrons. The third-order valence-electron chi connectivity index (χ3n) is 1.35. The summed E-state index contributed by atoms with van der Waals surface area (Å²) >= 11 is 0. The molecule has 0 aromatic rings. The van der Waals surface area contributed by atoms with Gasteiger partial charge in [-0.05, 0) is 5.53 Å². The molecule has 0 bridgehead atoms. The summed E-state index contributed by atoms with van der Waals surface area (Å²) in [5, 5.41) is 6.41. The minimum absolute atomic E-state index is 0.342. The minimum atomic E-state index is 0.342. The summed E-state index contributed by atoms with van der Waals surface area (Å²) in [6.07, 6.45) is 0.342. The molecule has 1 heterocycles. The zero-order valence-corrected chi connectivity index (χ0v) is 5.66. The van der Waals surface area contributed by atoms with Crippen molar-refractivity contribution in [3.63, 3.8) is 0 Å². The number of hydrogen-bond acceptors (Lipinski definition) is 3. The number of nitrogens with zero attached hydrogens (tertiary/aromatic N) is 3. The molecular formula is C5H10N4O. The van der Waals surface area contributed by atoms with E-state index in [1.165, 1.54) is 0 Å². The molecule has 10 heavy (non-hydrogen) atoms. The smallest absolute Gasteiger partial charge is 0.0823 e. The van der Waals surface area contributed by atoms with Crippen LogP contribution < -0.4 is 5.32 Å². The fourth-order valence-corrected chi connectivity index (χ4v) is 0.685. The molecule has 0 saturated carbocycles. The number of ether oxygens (including phenoxy) is 1. The van der Waals surface area contributed by atoms with Crippen molar-refractivity contribution >= 4 is 0 Å². The first-order chi connectivity index (χ1) is 4.93. The summed E-state index contributed by atoms with van der Waals surface area (Å²) < 4.78 is 5.25. The molecule has 0 aliphatic carbocycles. The molecule has 1 aliphatic rings. The van der Waals surface area contributed by atoms with Gasteiger partial charge in [-0.15, -0.1) is 0 Å². The van der Waals surface area contributed by atoms with Gasteiger partial charge in [-0.1, -0.05) is 5.11 Å². The van der Waals surface area contributed by atoms with Crippen molar-refractivity contribution in [2.75, 3.05) is 26.2 Å². The van der Waals surface area contributed by atoms with Crippen molar-refractivity contribution in [3.05, 3.63) is 10.4 Å². The lowest BCUT2D eigenvalue weighted by Crippen LogP contribution is -2.48. The van der Waals surface area contributed by atoms with Crippen LogP contribution in [0.5, 0.6) is 0 Å². The maximum Gasteiger partial charge on any atom is 0.0823 e. The maximum atomic E-state index is 7.89. The Balaban J connectivity index is 1.89. The van der Waals surface area contributed by atoms with E-state index in [1.54, 1.807) is 0 Å². The highest BCUT2D eigenvalue weighted by atomic mass is 16.5. The van der Waals surface area contributed by atoms with E-state index in [2.05, 4.69) is 15.3 Å². The van der Waals surface area contributed by atoms with E-state index in [0.717, 1.165) is 13.1 Å². The Morgan fingerprint density at radius 3 is 3.00 bits per heavy atom. The largest absolute Gasteiger partial charge is 0.375 e. The molecule has 1 rings (SSSR count). The van der Waals surface area contributed by atoms with Crippen molar-refractivity contribution < 1.29 is 4.74 Å². The monoisotopic (exact) mass is 142 g/mol. The number of hydrogen-bond donors (Lipinski definition) is 1. The quantitative estimate of drug-likeness (QED) is 0.265. The third kappa shape index (κ3) is 2.23. The van der Waals surface area contributed by atoms with Crippen LogP contribution in [0.4, 0.5) is 0 Å². The fraction of sp³-hybridized carbons (Fsp3) is 1.00. The lowest BCUT2D eigenvalue weighted by molar-refractivity contribution is 0.0237. The van der Waals surface area contributed by atoms with Gasteiger partial charge >= 0.3 is 0 Å². The molecule has 0 aromatic carbocycles. The molecule has 0 atom stereocenters. The Bertz CT molecular complexity index is 139. The van der Waals surface area contributed by atoms with Crippen molar-refractivity contribution in [1.82, 2.24) is 5.32 Å². The first-order valence-electron chi connectivity index (χ1n) is 3.26. The molecule has 1 saturated heterocycles. The summed E-state index contributed by atoms with van der Waals surface area (Å²) in [7, 11) is 0. The van der Waals surface area contributed by atoms with Crippen LogP contribution in [-0.4, -0.2) is 32.3 Å². The van der Waals surface area contributed by atoms with Crippen LogP contribution in [0.3, 0.4) is 0 Å². The van der Waals surface area contributed by atoms with Gasteiger partial charge in [0.2, 0.25) is 0 Å². The van der Waals surface area contributed by atoms with Crippen molar-refractivity contribution in [2.45, 2.75) is 6.10 Å². The van der Waals surface area contributed by atoms with Crippen LogP contribution >= 0.6 is 0 Å². The Hall–Kier alpha value is -0.770. The summed E-state index contributed by atoms with van der Waals surface area (Å²) in [6.45, 7) is 2.83. The van der Waals surface area contributed by atoms with Gasteiger partial charge in [0.15, 0.2) is 0 Å². The normalized spacial score (nSPS) is 17.6. The Kier molecular flexibility index (Phi) is 3.02. The molecule has 0 aromatic heterocycles. The van der Waals surface area contributed by atoms with Gasteiger partial charge < -0.3 is 10.1 Å². The second kappa shape index (κ2) is 4.11. The van der Waals surface area contributed by atoms with Crippen LogP contribution in [0.2, 0.25) is 0 Å². The highest BCUT2D eigenvalue weighted by Gasteiger charge is 2.15. The summed E-state index contributed by atoms with van der Waals surface area (Å²) in [5.74, 6) is 0. The van der Waals surface area contributed by atoms with Gasteiger partial charge in [0.1, 0.15) is 0 Å². The van der Waals surface area contributed by atoms with E-state index >= 15 is 0 Å². The minimum Gasteiger partial charge on any atom is -0.375 e. The maximum absolute atomic E-state index is 7.89. The second-order valence-corrected chi connectivity index (χ2v) is 2.11. The molecule has 5 heteroatoms. The molecule has 5 nitrogen and oxygen atoms in total. The molecule has 1 aliphatic heterocycles. The summed E-state index contributed by atoms with van der Waals surface area (Å²) in [4.78, 5) is 2.61. The Morgan fingerprint density at radius 1 is 1.70 bits per heavy atom. The molecule has 1 N–H and O–H groups in total. The second-order valence-electron chi connectivity index (χ2n) is 2.11. The van der Waals surface area contributed by atoms with Crippen LogP contribution in [-0.2, 0) is 4.74 Å². The average molecular weight is 142 g/mol. The predicted molar refractivity (Wildman–Crippen MR) is 36.6 cm³/mol. The number of azide groups is 1. The van der Waals surface area contributed by atoms with E-state index in [-0.39, 0.29) is 0 Å². The zero-order chi connectivity index (χ0) is 7.23. The fourth-order valence-electron chi connectivity index (χ4n) is 0.685. The Labute approximate surface area is 59.0 Å². The van der Waals surface area contributed by atoms with Gasteiger partial charge in [-0.3, -0.25) is 0 Å². The zero-order valence-electron chi connectivity index (χ0n) is 5.66. The van der Waals surface area contributed by atoms with Crippen molar-refractivity contribution in [3.8, 4) is 0 Å². The summed E-state index contributed by atoms with van der Waals surface area (Å²) in [5.41, 5.74) is 7.89. The lowest BCUT2D eigenvalue weighted by atomic mass is 10.2. The van der Waals surface area contributed by atoms with E-state index in [4.69, 9.17) is 10.3 Å². The van der Waals surface area contributed by atoms with Gasteiger partial charge in [0, 0.05) is 24.5 Å². The lowest BCUT2D eigenvalue weighted by Gasteiger charge is -2.26. The van der Waals surface area contributed by atoms with Crippen molar-refractivity contribution in [1.29, 1.82) is 0 Å². The topological polar surface area (TPSA) is 70.0 Å². The summed E-state index contributed by atoms with van der Waals surface area (Å²) in [6, 6.07) is 0. The van der Waals surface area contributed by atoms with Gasteiger partial charge in [0.25, 0.3) is 0 Å². The average Bonchev–Trinajstić information content (AvgIpc) is 1.84.